The minimum Gasteiger partial charge on any atom is -0.324 e. The number of carbonyl (C=O) groups is 1. The molecule has 0 aliphatic heterocycles. The van der Waals surface area contributed by atoms with Gasteiger partial charge in [-0.1, -0.05) is 18.0 Å². The first-order chi connectivity index (χ1) is 9.11. The zero-order valence-corrected chi connectivity index (χ0v) is 11.4. The molecule has 2 bridgehead atoms. The molecule has 0 radical (unpaired) electrons. The van der Waals surface area contributed by atoms with Crippen LogP contribution in [-0.2, 0) is 4.79 Å². The van der Waals surface area contributed by atoms with Crippen LogP contribution in [0, 0.1) is 23.6 Å². The summed E-state index contributed by atoms with van der Waals surface area (Å²) in [5.41, 5.74) is 0.220. The average Bonchev–Trinajstić information content (AvgIpc) is 2.95. The van der Waals surface area contributed by atoms with Crippen molar-refractivity contribution in [3.63, 3.8) is 0 Å². The molecule has 1 aromatic carbocycles. The van der Waals surface area contributed by atoms with E-state index in [0.29, 0.717) is 23.3 Å². The minimum atomic E-state index is -0.478. The van der Waals surface area contributed by atoms with Crippen LogP contribution >= 0.6 is 11.6 Å². The zero-order chi connectivity index (χ0) is 13.4. The SMILES string of the molecule is O=C(C[C@@H]1C[C@H]2CC[C@@H]1C2)Nc1ccc(Cl)cc1F. The highest BCUT2D eigenvalue weighted by Gasteiger charge is 2.40. The average molecular weight is 282 g/mol. The highest BCUT2D eigenvalue weighted by Crippen LogP contribution is 2.49. The lowest BCUT2D eigenvalue weighted by atomic mass is 9.86. The summed E-state index contributed by atoms with van der Waals surface area (Å²) in [4.78, 5) is 12.0. The van der Waals surface area contributed by atoms with E-state index in [9.17, 15) is 9.18 Å². The van der Waals surface area contributed by atoms with Crippen LogP contribution in [0.15, 0.2) is 18.2 Å². The monoisotopic (exact) mass is 281 g/mol. The Bertz CT molecular complexity index is 505. The first-order valence-electron chi connectivity index (χ1n) is 6.86. The second-order valence-electron chi connectivity index (χ2n) is 5.81. The van der Waals surface area contributed by atoms with Gasteiger partial charge in [0.2, 0.25) is 5.91 Å². The molecule has 2 nitrogen and oxygen atoms in total. The summed E-state index contributed by atoms with van der Waals surface area (Å²) >= 11 is 5.68. The first kappa shape index (κ1) is 12.9. The molecule has 1 aromatic rings. The summed E-state index contributed by atoms with van der Waals surface area (Å²) in [6.07, 6.45) is 5.56. The molecule has 1 amide bonds. The summed E-state index contributed by atoms with van der Waals surface area (Å²) in [6, 6.07) is 4.31. The molecule has 4 heteroatoms. The highest BCUT2D eigenvalue weighted by atomic mass is 35.5. The van der Waals surface area contributed by atoms with E-state index in [1.165, 1.54) is 37.8 Å². The molecule has 2 fully saturated rings. The molecule has 0 spiro atoms. The van der Waals surface area contributed by atoms with E-state index in [0.717, 1.165) is 5.92 Å². The van der Waals surface area contributed by atoms with E-state index in [1.807, 2.05) is 0 Å². The van der Waals surface area contributed by atoms with Gasteiger partial charge in [0.05, 0.1) is 5.69 Å². The molecular weight excluding hydrogens is 265 g/mol. The molecule has 2 aliphatic carbocycles. The van der Waals surface area contributed by atoms with Crippen molar-refractivity contribution >= 4 is 23.2 Å². The van der Waals surface area contributed by atoms with Crippen molar-refractivity contribution in [1.82, 2.24) is 0 Å². The van der Waals surface area contributed by atoms with Gasteiger partial charge in [-0.15, -0.1) is 0 Å². The summed E-state index contributed by atoms with van der Waals surface area (Å²) in [6.45, 7) is 0. The van der Waals surface area contributed by atoms with Crippen LogP contribution in [0.5, 0.6) is 0 Å². The number of nitrogens with one attached hydrogen (secondary N) is 1. The topological polar surface area (TPSA) is 29.1 Å². The fourth-order valence-corrected chi connectivity index (χ4v) is 3.82. The number of halogens is 2. The van der Waals surface area contributed by atoms with Gasteiger partial charge in [-0.25, -0.2) is 4.39 Å². The van der Waals surface area contributed by atoms with Gasteiger partial charge in [0, 0.05) is 11.4 Å². The van der Waals surface area contributed by atoms with Gasteiger partial charge in [0.15, 0.2) is 0 Å². The van der Waals surface area contributed by atoms with Crippen molar-refractivity contribution < 1.29 is 9.18 Å². The normalized spacial score (nSPS) is 28.6. The molecular formula is C15H17ClFNO. The lowest BCUT2D eigenvalue weighted by Gasteiger charge is -2.20. The van der Waals surface area contributed by atoms with Gasteiger partial charge < -0.3 is 5.32 Å². The third-order valence-electron chi connectivity index (χ3n) is 4.54. The number of amides is 1. The third-order valence-corrected chi connectivity index (χ3v) is 4.77. The van der Waals surface area contributed by atoms with Crippen LogP contribution in [0.3, 0.4) is 0 Å². The smallest absolute Gasteiger partial charge is 0.224 e. The van der Waals surface area contributed by atoms with Gasteiger partial charge in [0.25, 0.3) is 0 Å². The number of fused-ring (bicyclic) bond motifs is 2. The van der Waals surface area contributed by atoms with Gasteiger partial charge in [0.1, 0.15) is 5.82 Å². The molecule has 0 saturated heterocycles. The standard InChI is InChI=1S/C15H17ClFNO/c16-12-3-4-14(13(17)8-12)18-15(19)7-11-6-9-1-2-10(11)5-9/h3-4,8-11H,1-2,5-7H2,(H,18,19)/t9-,10+,11-/m0/s1. The van der Waals surface area contributed by atoms with E-state index >= 15 is 0 Å². The zero-order valence-electron chi connectivity index (χ0n) is 10.7. The Morgan fingerprint density at radius 1 is 1.37 bits per heavy atom. The van der Waals surface area contributed by atoms with Crippen LogP contribution in [-0.4, -0.2) is 5.91 Å². The lowest BCUT2D eigenvalue weighted by Crippen LogP contribution is -2.20. The van der Waals surface area contributed by atoms with E-state index in [4.69, 9.17) is 11.6 Å². The van der Waals surface area contributed by atoms with E-state index in [1.54, 1.807) is 6.07 Å². The molecule has 2 saturated carbocycles. The molecule has 2 aliphatic rings. The van der Waals surface area contributed by atoms with Crippen molar-refractivity contribution in [3.8, 4) is 0 Å². The van der Waals surface area contributed by atoms with Crippen molar-refractivity contribution in [3.05, 3.63) is 29.0 Å². The number of carbonyl (C=O) groups excluding carboxylic acids is 1. The molecule has 102 valence electrons. The quantitative estimate of drug-likeness (QED) is 0.882. The van der Waals surface area contributed by atoms with Crippen molar-refractivity contribution in [2.45, 2.75) is 32.1 Å². The van der Waals surface area contributed by atoms with Gasteiger partial charge in [-0.2, -0.15) is 0 Å². The second-order valence-corrected chi connectivity index (χ2v) is 6.25. The van der Waals surface area contributed by atoms with Gasteiger partial charge in [-0.05, 0) is 55.2 Å². The summed E-state index contributed by atoms with van der Waals surface area (Å²) in [7, 11) is 0. The molecule has 0 heterocycles. The number of hydrogen-bond acceptors (Lipinski definition) is 1. The van der Waals surface area contributed by atoms with Gasteiger partial charge in [-0.3, -0.25) is 4.79 Å². The molecule has 3 rings (SSSR count). The van der Waals surface area contributed by atoms with Crippen molar-refractivity contribution in [2.24, 2.45) is 17.8 Å². The maximum atomic E-state index is 13.6. The molecule has 19 heavy (non-hydrogen) atoms. The Hall–Kier alpha value is -1.09. The molecule has 1 N–H and O–H groups in total. The largest absolute Gasteiger partial charge is 0.324 e. The van der Waals surface area contributed by atoms with E-state index in [2.05, 4.69) is 5.32 Å². The van der Waals surface area contributed by atoms with Crippen LogP contribution in [0.1, 0.15) is 32.1 Å². The lowest BCUT2D eigenvalue weighted by molar-refractivity contribution is -0.117. The molecule has 0 unspecified atom stereocenters. The van der Waals surface area contributed by atoms with Crippen molar-refractivity contribution in [2.75, 3.05) is 5.32 Å². The summed E-state index contributed by atoms with van der Waals surface area (Å²) < 4.78 is 13.6. The fraction of sp³-hybridized carbons (Fsp3) is 0.533. The van der Waals surface area contributed by atoms with E-state index < -0.39 is 5.82 Å². The van der Waals surface area contributed by atoms with Crippen molar-refractivity contribution in [1.29, 1.82) is 0 Å². The Labute approximate surface area is 117 Å². The first-order valence-corrected chi connectivity index (χ1v) is 7.24. The Morgan fingerprint density at radius 3 is 2.84 bits per heavy atom. The third kappa shape index (κ3) is 2.76. The predicted octanol–water partition coefficient (Wildman–Crippen LogP) is 4.24. The van der Waals surface area contributed by atoms with E-state index in [-0.39, 0.29) is 11.6 Å². The Kier molecular flexibility index (Phi) is 3.48. The number of rotatable bonds is 3. The maximum Gasteiger partial charge on any atom is 0.224 e. The van der Waals surface area contributed by atoms with Crippen LogP contribution in [0.25, 0.3) is 0 Å². The van der Waals surface area contributed by atoms with Crippen LogP contribution in [0.2, 0.25) is 5.02 Å². The summed E-state index contributed by atoms with van der Waals surface area (Å²) in [5, 5.41) is 2.99. The van der Waals surface area contributed by atoms with Crippen LogP contribution < -0.4 is 5.32 Å². The Balaban J connectivity index is 1.59. The minimum absolute atomic E-state index is 0.0845. The predicted molar refractivity (Wildman–Crippen MR) is 73.6 cm³/mol. The van der Waals surface area contributed by atoms with Crippen LogP contribution in [0.4, 0.5) is 10.1 Å². The summed E-state index contributed by atoms with van der Waals surface area (Å²) in [5.74, 6) is 1.47. The van der Waals surface area contributed by atoms with Gasteiger partial charge >= 0.3 is 0 Å². The number of hydrogen-bond donors (Lipinski definition) is 1. The fourth-order valence-electron chi connectivity index (χ4n) is 3.66. The number of anilines is 1. The highest BCUT2D eigenvalue weighted by molar-refractivity contribution is 6.30. The molecule has 3 atom stereocenters. The second kappa shape index (κ2) is 5.12. The number of benzene rings is 1. The Morgan fingerprint density at radius 2 is 2.21 bits per heavy atom. The maximum absolute atomic E-state index is 13.6. The molecule has 0 aromatic heterocycles.